The van der Waals surface area contributed by atoms with Gasteiger partial charge in [-0.2, -0.15) is 23.3 Å². The van der Waals surface area contributed by atoms with Crippen LogP contribution in [-0.4, -0.2) is 47.7 Å². The van der Waals surface area contributed by atoms with Crippen molar-refractivity contribution >= 4 is 17.3 Å². The van der Waals surface area contributed by atoms with Crippen molar-refractivity contribution in [1.82, 2.24) is 5.01 Å². The van der Waals surface area contributed by atoms with E-state index in [0.29, 0.717) is 19.3 Å². The van der Waals surface area contributed by atoms with Crippen molar-refractivity contribution in [2.75, 3.05) is 19.0 Å². The molecular weight excluding hydrogens is 335 g/mol. The summed E-state index contributed by atoms with van der Waals surface area (Å²) < 4.78 is 41.1. The first-order valence-electron chi connectivity index (χ1n) is 8.14. The van der Waals surface area contributed by atoms with Gasteiger partial charge in [0.15, 0.2) is 0 Å². The zero-order valence-corrected chi connectivity index (χ0v) is 14.0. The van der Waals surface area contributed by atoms with Gasteiger partial charge in [-0.05, 0) is 43.5 Å². The Labute approximate surface area is 143 Å². The second-order valence-corrected chi connectivity index (χ2v) is 6.67. The van der Waals surface area contributed by atoms with Crippen LogP contribution in [0.15, 0.2) is 29.4 Å². The van der Waals surface area contributed by atoms with Gasteiger partial charge in [0.05, 0.1) is 5.92 Å². The summed E-state index contributed by atoms with van der Waals surface area (Å²) in [6, 6.07) is 6.15. The van der Waals surface area contributed by atoms with Crippen molar-refractivity contribution < 1.29 is 23.1 Å². The van der Waals surface area contributed by atoms with Crippen molar-refractivity contribution in [3.05, 3.63) is 29.8 Å². The molecule has 0 radical (unpaired) electrons. The molecule has 3 rings (SSSR count). The van der Waals surface area contributed by atoms with Crippen LogP contribution in [0.3, 0.4) is 0 Å². The Hall–Kier alpha value is -2.09. The second kappa shape index (κ2) is 6.01. The number of hydrazone groups is 1. The molecule has 0 saturated heterocycles. The monoisotopic (exact) mass is 355 g/mol. The molecule has 0 bridgehead atoms. The fourth-order valence-corrected chi connectivity index (χ4v) is 3.44. The van der Waals surface area contributed by atoms with Crippen molar-refractivity contribution in [2.24, 2.45) is 11.0 Å². The largest absolute Gasteiger partial charge is 0.439 e. The van der Waals surface area contributed by atoms with Gasteiger partial charge in [0.2, 0.25) is 0 Å². The third-order valence-electron chi connectivity index (χ3n) is 4.86. The average Bonchev–Trinajstić information content (AvgIpc) is 2.89. The molecular formula is C17H20F3N3O2. The SMILES string of the molecule is CN(C)c1ccc(C(=O)N2N=C3CCCC[C@H]3[C@@]2(O)C(F)(F)F)cc1. The molecule has 25 heavy (non-hydrogen) atoms. The minimum absolute atomic E-state index is 0.0521. The highest BCUT2D eigenvalue weighted by Gasteiger charge is 2.68. The summed E-state index contributed by atoms with van der Waals surface area (Å²) in [4.78, 5) is 14.5. The number of carbonyl (C=O) groups excluding carboxylic acids is 1. The number of hydrogen-bond acceptors (Lipinski definition) is 4. The first kappa shape index (κ1) is 17.7. The summed E-state index contributed by atoms with van der Waals surface area (Å²) in [5.41, 5.74) is -2.16. The number of benzene rings is 1. The summed E-state index contributed by atoms with van der Waals surface area (Å²) in [6.45, 7) is 0. The van der Waals surface area contributed by atoms with Crippen LogP contribution in [-0.2, 0) is 0 Å². The molecule has 0 aromatic heterocycles. The minimum atomic E-state index is -4.99. The van der Waals surface area contributed by atoms with Gasteiger partial charge in [0.1, 0.15) is 0 Å². The van der Waals surface area contributed by atoms with Gasteiger partial charge < -0.3 is 10.0 Å². The highest BCUT2D eigenvalue weighted by atomic mass is 19.4. The van der Waals surface area contributed by atoms with Crippen LogP contribution in [0.4, 0.5) is 18.9 Å². The zero-order valence-electron chi connectivity index (χ0n) is 14.0. The lowest BCUT2D eigenvalue weighted by Gasteiger charge is -2.38. The van der Waals surface area contributed by atoms with Crippen LogP contribution in [0.5, 0.6) is 0 Å². The van der Waals surface area contributed by atoms with Crippen LogP contribution in [0.25, 0.3) is 0 Å². The highest BCUT2D eigenvalue weighted by molar-refractivity contribution is 5.99. The van der Waals surface area contributed by atoms with Crippen molar-refractivity contribution in [3.63, 3.8) is 0 Å². The number of anilines is 1. The van der Waals surface area contributed by atoms with Gasteiger partial charge in [-0.25, -0.2) is 0 Å². The third-order valence-corrected chi connectivity index (χ3v) is 4.86. The predicted octanol–water partition coefficient (Wildman–Crippen LogP) is 3.01. The fraction of sp³-hybridized carbons (Fsp3) is 0.529. The standard InChI is InChI=1S/C17H20F3N3O2/c1-22(2)12-9-7-11(8-10-12)15(24)23-16(25,17(18,19)20)13-5-3-4-6-14(13)21-23/h7-10,13,25H,3-6H2,1-2H3/t13-,16-/m1/s1. The smallest absolute Gasteiger partial charge is 0.378 e. The number of nitrogens with zero attached hydrogens (tertiary/aromatic N) is 3. The zero-order chi connectivity index (χ0) is 18.4. The summed E-state index contributed by atoms with van der Waals surface area (Å²) in [7, 11) is 3.63. The van der Waals surface area contributed by atoms with E-state index in [1.165, 1.54) is 12.1 Å². The molecule has 2 atom stereocenters. The Balaban J connectivity index is 1.98. The maximum absolute atomic E-state index is 13.7. The van der Waals surface area contributed by atoms with Crippen LogP contribution in [0, 0.1) is 5.92 Å². The van der Waals surface area contributed by atoms with E-state index in [1.54, 1.807) is 12.1 Å². The molecule has 1 aromatic carbocycles. The molecule has 1 fully saturated rings. The Morgan fingerprint density at radius 1 is 1.28 bits per heavy atom. The number of amides is 1. The van der Waals surface area contributed by atoms with Gasteiger partial charge >= 0.3 is 6.18 Å². The van der Waals surface area contributed by atoms with Gasteiger partial charge in [0.25, 0.3) is 11.6 Å². The van der Waals surface area contributed by atoms with E-state index < -0.39 is 23.7 Å². The first-order chi connectivity index (χ1) is 11.7. The number of fused-ring (bicyclic) bond motifs is 1. The van der Waals surface area contributed by atoms with Gasteiger partial charge in [-0.1, -0.05) is 6.42 Å². The first-order valence-corrected chi connectivity index (χ1v) is 8.14. The van der Waals surface area contributed by atoms with Gasteiger partial charge in [0, 0.05) is 31.1 Å². The van der Waals surface area contributed by atoms with Crippen LogP contribution in [0.1, 0.15) is 36.0 Å². The van der Waals surface area contributed by atoms with Crippen molar-refractivity contribution in [1.29, 1.82) is 0 Å². The predicted molar refractivity (Wildman–Crippen MR) is 87.3 cm³/mol. The van der Waals surface area contributed by atoms with Crippen LogP contribution in [0.2, 0.25) is 0 Å². The Kier molecular flexibility index (Phi) is 4.26. The third kappa shape index (κ3) is 2.78. The molecule has 1 saturated carbocycles. The molecule has 1 aliphatic heterocycles. The molecule has 0 unspecified atom stereocenters. The summed E-state index contributed by atoms with van der Waals surface area (Å²) >= 11 is 0. The maximum Gasteiger partial charge on any atom is 0.439 e. The van der Waals surface area contributed by atoms with E-state index in [4.69, 9.17) is 0 Å². The van der Waals surface area contributed by atoms with Gasteiger partial charge in [-0.3, -0.25) is 4.79 Å². The summed E-state index contributed by atoms with van der Waals surface area (Å²) in [6.07, 6.45) is -3.17. The Morgan fingerprint density at radius 2 is 1.92 bits per heavy atom. The number of rotatable bonds is 2. The molecule has 5 nitrogen and oxygen atoms in total. The summed E-state index contributed by atoms with van der Waals surface area (Å²) in [5.74, 6) is -2.14. The fourth-order valence-electron chi connectivity index (χ4n) is 3.44. The lowest BCUT2D eigenvalue weighted by Crippen LogP contribution is -2.61. The topological polar surface area (TPSA) is 56.1 Å². The van der Waals surface area contributed by atoms with E-state index in [2.05, 4.69) is 5.10 Å². The van der Waals surface area contributed by atoms with E-state index in [1.807, 2.05) is 19.0 Å². The van der Waals surface area contributed by atoms with Crippen LogP contribution < -0.4 is 4.90 Å². The lowest BCUT2D eigenvalue weighted by molar-refractivity contribution is -0.312. The quantitative estimate of drug-likeness (QED) is 0.887. The normalized spacial score (nSPS) is 26.2. The minimum Gasteiger partial charge on any atom is -0.378 e. The molecule has 1 N–H and O–H groups in total. The number of alkyl halides is 3. The molecule has 1 aliphatic carbocycles. The molecule has 2 aliphatic rings. The highest BCUT2D eigenvalue weighted by Crippen LogP contribution is 2.48. The number of carbonyl (C=O) groups is 1. The average molecular weight is 355 g/mol. The van der Waals surface area contributed by atoms with E-state index in [0.717, 1.165) is 5.69 Å². The van der Waals surface area contributed by atoms with E-state index >= 15 is 0 Å². The van der Waals surface area contributed by atoms with Crippen LogP contribution >= 0.6 is 0 Å². The molecule has 1 amide bonds. The molecule has 1 heterocycles. The maximum atomic E-state index is 13.7. The Morgan fingerprint density at radius 3 is 2.48 bits per heavy atom. The molecule has 0 spiro atoms. The number of hydrogen-bond donors (Lipinski definition) is 1. The molecule has 8 heteroatoms. The van der Waals surface area contributed by atoms with Crippen molar-refractivity contribution in [3.8, 4) is 0 Å². The number of halogens is 3. The molecule has 1 aromatic rings. The Bertz CT molecular complexity index is 700. The van der Waals surface area contributed by atoms with Crippen molar-refractivity contribution in [2.45, 2.75) is 37.6 Å². The van der Waals surface area contributed by atoms with E-state index in [-0.39, 0.29) is 22.7 Å². The molecule has 136 valence electrons. The summed E-state index contributed by atoms with van der Waals surface area (Å²) in [5, 5.41) is 14.6. The number of aliphatic hydroxyl groups is 1. The lowest BCUT2D eigenvalue weighted by atomic mass is 9.80. The van der Waals surface area contributed by atoms with Gasteiger partial charge in [-0.15, -0.1) is 0 Å². The second-order valence-electron chi connectivity index (χ2n) is 6.67. The van der Waals surface area contributed by atoms with E-state index in [9.17, 15) is 23.1 Å².